The Bertz CT molecular complexity index is 637. The molecule has 0 bridgehead atoms. The van der Waals surface area contributed by atoms with E-state index < -0.39 is 0 Å². The number of hydrogen-bond acceptors (Lipinski definition) is 2. The summed E-state index contributed by atoms with van der Waals surface area (Å²) in [5, 5.41) is 0. The molecule has 0 aliphatic heterocycles. The van der Waals surface area contributed by atoms with E-state index in [1.165, 1.54) is 44.1 Å². The molecule has 24 heavy (non-hydrogen) atoms. The van der Waals surface area contributed by atoms with Gasteiger partial charge in [-0.05, 0) is 67.3 Å². The van der Waals surface area contributed by atoms with Crippen LogP contribution < -0.4 is 4.74 Å². The molecule has 2 heteroatoms. The summed E-state index contributed by atoms with van der Waals surface area (Å²) in [6.07, 6.45) is 7.91. The lowest BCUT2D eigenvalue weighted by Gasteiger charge is -2.28. The Morgan fingerprint density at radius 1 is 0.958 bits per heavy atom. The topological polar surface area (TPSA) is 26.3 Å². The maximum absolute atomic E-state index is 12.2. The molecule has 0 N–H and O–H groups in total. The van der Waals surface area contributed by atoms with Gasteiger partial charge in [-0.25, -0.2) is 4.79 Å². The number of ether oxygens (including phenoxy) is 1. The van der Waals surface area contributed by atoms with Crippen molar-refractivity contribution in [3.8, 4) is 5.75 Å². The Kier molecular flexibility index (Phi) is 5.68. The molecule has 0 radical (unpaired) electrons. The van der Waals surface area contributed by atoms with Gasteiger partial charge in [-0.1, -0.05) is 50.1 Å². The van der Waals surface area contributed by atoms with Crippen LogP contribution in [-0.2, 0) is 0 Å². The lowest BCUT2D eigenvalue weighted by molar-refractivity contribution is 0.0734. The minimum absolute atomic E-state index is 0.292. The first-order chi connectivity index (χ1) is 11.8. The fraction of sp³-hybridized carbons (Fsp3) is 0.409. The van der Waals surface area contributed by atoms with Crippen molar-refractivity contribution in [2.45, 2.75) is 51.4 Å². The van der Waals surface area contributed by atoms with Crippen molar-refractivity contribution in [1.29, 1.82) is 0 Å². The van der Waals surface area contributed by atoms with Crippen molar-refractivity contribution in [3.05, 3.63) is 65.7 Å². The molecule has 0 atom stereocenters. The molecule has 1 fully saturated rings. The van der Waals surface area contributed by atoms with Gasteiger partial charge in [-0.15, -0.1) is 0 Å². The Morgan fingerprint density at radius 3 is 2.25 bits per heavy atom. The van der Waals surface area contributed by atoms with E-state index in [0.717, 1.165) is 5.92 Å². The van der Waals surface area contributed by atoms with Crippen molar-refractivity contribution >= 4 is 5.97 Å². The number of benzene rings is 2. The van der Waals surface area contributed by atoms with Gasteiger partial charge >= 0.3 is 5.97 Å². The molecule has 2 aromatic carbocycles. The van der Waals surface area contributed by atoms with Gasteiger partial charge in [0.1, 0.15) is 5.75 Å². The van der Waals surface area contributed by atoms with E-state index in [1.807, 2.05) is 30.3 Å². The lowest BCUT2D eigenvalue weighted by atomic mass is 9.77. The van der Waals surface area contributed by atoms with Crippen LogP contribution in [0, 0.1) is 5.92 Å². The Balaban J connectivity index is 1.58. The Morgan fingerprint density at radius 2 is 1.62 bits per heavy atom. The third kappa shape index (κ3) is 4.25. The number of carbonyl (C=O) groups is 1. The quantitative estimate of drug-likeness (QED) is 0.500. The molecular weight excluding hydrogens is 296 g/mol. The first-order valence-electron chi connectivity index (χ1n) is 9.13. The van der Waals surface area contributed by atoms with Crippen molar-refractivity contribution in [2.75, 3.05) is 0 Å². The summed E-state index contributed by atoms with van der Waals surface area (Å²) < 4.78 is 5.39. The van der Waals surface area contributed by atoms with Crippen LogP contribution in [0.5, 0.6) is 5.75 Å². The summed E-state index contributed by atoms with van der Waals surface area (Å²) >= 11 is 0. The van der Waals surface area contributed by atoms with Crippen molar-refractivity contribution in [3.63, 3.8) is 0 Å². The summed E-state index contributed by atoms with van der Waals surface area (Å²) in [4.78, 5) is 12.2. The second kappa shape index (κ2) is 8.14. The summed E-state index contributed by atoms with van der Waals surface area (Å²) in [5.41, 5.74) is 1.98. The summed E-state index contributed by atoms with van der Waals surface area (Å²) in [6.45, 7) is 2.28. The van der Waals surface area contributed by atoms with Crippen LogP contribution in [0.25, 0.3) is 0 Å². The average molecular weight is 322 g/mol. The Labute approximate surface area is 144 Å². The van der Waals surface area contributed by atoms with Gasteiger partial charge in [0.05, 0.1) is 5.56 Å². The second-order valence-corrected chi connectivity index (χ2v) is 6.83. The SMILES string of the molecule is CCCC1CCC(c2ccc(C(=O)Oc3ccccc3)cc2)CC1. The standard InChI is InChI=1S/C22H26O2/c1-2-6-17-9-11-18(12-10-17)19-13-15-20(16-14-19)22(23)24-21-7-4-3-5-8-21/h3-5,7-8,13-18H,2,6,9-12H2,1H3. The monoisotopic (exact) mass is 322 g/mol. The molecular formula is C22H26O2. The first-order valence-corrected chi connectivity index (χ1v) is 9.13. The lowest BCUT2D eigenvalue weighted by Crippen LogP contribution is -2.13. The first kappa shape index (κ1) is 16.8. The highest BCUT2D eigenvalue weighted by molar-refractivity contribution is 5.91. The highest BCUT2D eigenvalue weighted by atomic mass is 16.5. The fourth-order valence-electron chi connectivity index (χ4n) is 3.74. The molecule has 1 aliphatic carbocycles. The molecule has 0 unspecified atom stereocenters. The van der Waals surface area contributed by atoms with Crippen molar-refractivity contribution in [1.82, 2.24) is 0 Å². The summed E-state index contributed by atoms with van der Waals surface area (Å²) in [5.74, 6) is 1.86. The third-order valence-corrected chi connectivity index (χ3v) is 5.12. The van der Waals surface area contributed by atoms with E-state index in [1.54, 1.807) is 12.1 Å². The number of esters is 1. The molecule has 2 nitrogen and oxygen atoms in total. The van der Waals surface area contributed by atoms with E-state index in [0.29, 0.717) is 17.2 Å². The van der Waals surface area contributed by atoms with E-state index in [2.05, 4.69) is 19.1 Å². The zero-order valence-corrected chi connectivity index (χ0v) is 14.4. The number of hydrogen-bond donors (Lipinski definition) is 0. The van der Waals surface area contributed by atoms with Crippen LogP contribution >= 0.6 is 0 Å². The van der Waals surface area contributed by atoms with Crippen LogP contribution in [0.1, 0.15) is 67.3 Å². The minimum atomic E-state index is -0.292. The zero-order chi connectivity index (χ0) is 16.8. The van der Waals surface area contributed by atoms with Crippen LogP contribution in [0.3, 0.4) is 0 Å². The average Bonchev–Trinajstić information content (AvgIpc) is 2.64. The molecule has 0 heterocycles. The predicted octanol–water partition coefficient (Wildman–Crippen LogP) is 5.98. The third-order valence-electron chi connectivity index (χ3n) is 5.12. The Hall–Kier alpha value is -2.09. The van der Waals surface area contributed by atoms with Crippen LogP contribution in [0.15, 0.2) is 54.6 Å². The van der Waals surface area contributed by atoms with Crippen LogP contribution in [0.4, 0.5) is 0 Å². The molecule has 0 spiro atoms. The highest BCUT2D eigenvalue weighted by Gasteiger charge is 2.22. The van der Waals surface area contributed by atoms with Crippen LogP contribution in [0.2, 0.25) is 0 Å². The van der Waals surface area contributed by atoms with Gasteiger partial charge in [0.25, 0.3) is 0 Å². The normalized spacial score (nSPS) is 20.5. The molecule has 0 saturated heterocycles. The van der Waals surface area contributed by atoms with E-state index in [4.69, 9.17) is 4.74 Å². The maximum atomic E-state index is 12.2. The van der Waals surface area contributed by atoms with Crippen LogP contribution in [-0.4, -0.2) is 5.97 Å². The number of para-hydroxylation sites is 1. The second-order valence-electron chi connectivity index (χ2n) is 6.83. The van der Waals surface area contributed by atoms with Gasteiger partial charge in [0.15, 0.2) is 0 Å². The van der Waals surface area contributed by atoms with Gasteiger partial charge in [0.2, 0.25) is 0 Å². The molecule has 1 saturated carbocycles. The molecule has 126 valence electrons. The minimum Gasteiger partial charge on any atom is -0.423 e. The molecule has 0 amide bonds. The van der Waals surface area contributed by atoms with E-state index >= 15 is 0 Å². The number of rotatable bonds is 5. The van der Waals surface area contributed by atoms with Gasteiger partial charge in [-0.3, -0.25) is 0 Å². The van der Waals surface area contributed by atoms with Gasteiger partial charge < -0.3 is 4.74 Å². The summed E-state index contributed by atoms with van der Waals surface area (Å²) in [6, 6.07) is 17.2. The maximum Gasteiger partial charge on any atom is 0.343 e. The molecule has 1 aliphatic rings. The van der Waals surface area contributed by atoms with Crippen molar-refractivity contribution in [2.24, 2.45) is 5.92 Å². The fourth-order valence-corrected chi connectivity index (χ4v) is 3.74. The molecule has 2 aromatic rings. The predicted molar refractivity (Wildman–Crippen MR) is 97.4 cm³/mol. The van der Waals surface area contributed by atoms with E-state index in [-0.39, 0.29) is 5.97 Å². The smallest absolute Gasteiger partial charge is 0.343 e. The molecule has 3 rings (SSSR count). The van der Waals surface area contributed by atoms with Crippen molar-refractivity contribution < 1.29 is 9.53 Å². The number of carbonyl (C=O) groups excluding carboxylic acids is 1. The molecule has 0 aromatic heterocycles. The van der Waals surface area contributed by atoms with E-state index in [9.17, 15) is 4.79 Å². The highest BCUT2D eigenvalue weighted by Crippen LogP contribution is 2.37. The van der Waals surface area contributed by atoms with Gasteiger partial charge in [0, 0.05) is 0 Å². The largest absolute Gasteiger partial charge is 0.423 e. The summed E-state index contributed by atoms with van der Waals surface area (Å²) in [7, 11) is 0. The van der Waals surface area contributed by atoms with Gasteiger partial charge in [-0.2, -0.15) is 0 Å². The zero-order valence-electron chi connectivity index (χ0n) is 14.4.